The van der Waals surface area contributed by atoms with Gasteiger partial charge in [0, 0.05) is 18.5 Å². The first-order valence-corrected chi connectivity index (χ1v) is 9.37. The number of hydrogen-bond acceptors (Lipinski definition) is 5. The normalized spacial score (nSPS) is 15.0. The number of hydrazine groups is 1. The van der Waals surface area contributed by atoms with Crippen molar-refractivity contribution < 1.29 is 19.0 Å². The second kappa shape index (κ2) is 8.73. The average molecular weight is 397 g/mol. The lowest BCUT2D eigenvalue weighted by molar-refractivity contribution is 0.0940. The smallest absolute Gasteiger partial charge is 0.269 e. The topological polar surface area (TPSA) is 70.6 Å². The molecule has 138 valence electrons. The number of carbonyl (C=O) groups excluding carboxylic acids is 1. The van der Waals surface area contributed by atoms with Crippen LogP contribution >= 0.6 is 23.5 Å². The van der Waals surface area contributed by atoms with Crippen LogP contribution in [0.1, 0.15) is 23.2 Å². The number of benzene rings is 2. The molecule has 1 heterocycles. The molecule has 1 fully saturated rings. The van der Waals surface area contributed by atoms with Gasteiger partial charge in [-0.3, -0.25) is 10.2 Å². The maximum absolute atomic E-state index is 14.3. The van der Waals surface area contributed by atoms with Crippen LogP contribution in [-0.4, -0.2) is 29.5 Å². The van der Waals surface area contributed by atoms with Gasteiger partial charge in [0.15, 0.2) is 5.82 Å². The molecule has 5 nitrogen and oxygen atoms in total. The number of nitrogens with one attached hydrogen (secondary N) is 2. The van der Waals surface area contributed by atoms with E-state index in [4.69, 9.17) is 16.3 Å². The van der Waals surface area contributed by atoms with E-state index in [1.165, 1.54) is 36.2 Å². The Morgan fingerprint density at radius 1 is 1.19 bits per heavy atom. The Bertz CT molecular complexity index is 783. The van der Waals surface area contributed by atoms with Crippen LogP contribution in [-0.2, 0) is 4.74 Å². The number of ether oxygens (including phenoxy) is 1. The van der Waals surface area contributed by atoms with Gasteiger partial charge in [0.1, 0.15) is 5.75 Å². The lowest BCUT2D eigenvalue weighted by Gasteiger charge is -2.21. The number of halogens is 2. The number of carbonyl (C=O) groups is 1. The molecule has 1 aliphatic heterocycles. The summed E-state index contributed by atoms with van der Waals surface area (Å²) in [4.78, 5) is 15.1. The minimum absolute atomic E-state index is 0.120. The summed E-state index contributed by atoms with van der Waals surface area (Å²) in [5, 5.41) is 9.57. The number of hydrogen-bond donors (Lipinski definition) is 3. The van der Waals surface area contributed by atoms with E-state index in [2.05, 4.69) is 10.3 Å². The predicted octanol–water partition coefficient (Wildman–Crippen LogP) is 3.91. The van der Waals surface area contributed by atoms with Gasteiger partial charge in [-0.05, 0) is 48.2 Å². The fourth-order valence-corrected chi connectivity index (χ4v) is 3.56. The van der Waals surface area contributed by atoms with Crippen LogP contribution < -0.4 is 10.3 Å². The Morgan fingerprint density at radius 2 is 1.88 bits per heavy atom. The molecule has 0 radical (unpaired) electrons. The van der Waals surface area contributed by atoms with Gasteiger partial charge in [-0.1, -0.05) is 35.7 Å². The highest BCUT2D eigenvalue weighted by Gasteiger charge is 2.18. The average Bonchev–Trinajstić information content (AvgIpc) is 2.65. The maximum atomic E-state index is 14.3. The third-order valence-corrected chi connectivity index (χ3v) is 5.33. The lowest BCUT2D eigenvalue weighted by atomic mass is 10.0. The Hall–Kier alpha value is -1.80. The second-order valence-corrected chi connectivity index (χ2v) is 7.37. The third-order valence-electron chi connectivity index (χ3n) is 4.03. The highest BCUT2D eigenvalue weighted by molar-refractivity contribution is 7.98. The summed E-state index contributed by atoms with van der Waals surface area (Å²) >= 11 is 7.34. The first-order chi connectivity index (χ1) is 12.5. The minimum Gasteiger partial charge on any atom is -0.508 e. The highest BCUT2D eigenvalue weighted by atomic mass is 35.5. The molecule has 8 heteroatoms. The van der Waals surface area contributed by atoms with E-state index in [0.717, 1.165) is 12.8 Å². The van der Waals surface area contributed by atoms with Gasteiger partial charge in [0.25, 0.3) is 5.91 Å². The molecule has 0 unspecified atom stereocenters. The molecular formula is C18H18ClFN2O3S. The molecule has 1 aliphatic rings. The van der Waals surface area contributed by atoms with Crippen molar-refractivity contribution in [3.63, 3.8) is 0 Å². The van der Waals surface area contributed by atoms with Gasteiger partial charge >= 0.3 is 0 Å². The molecule has 3 N–H and O–H groups in total. The number of amides is 1. The van der Waals surface area contributed by atoms with Crippen LogP contribution in [0.4, 0.5) is 4.39 Å². The van der Waals surface area contributed by atoms with Crippen LogP contribution in [0.3, 0.4) is 0 Å². The van der Waals surface area contributed by atoms with Crippen LogP contribution in [0, 0.1) is 5.82 Å². The van der Waals surface area contributed by atoms with Gasteiger partial charge in [0.05, 0.1) is 10.6 Å². The summed E-state index contributed by atoms with van der Waals surface area (Å²) < 4.78 is 19.6. The van der Waals surface area contributed by atoms with Gasteiger partial charge in [-0.2, -0.15) is 4.83 Å². The van der Waals surface area contributed by atoms with Crippen molar-refractivity contribution in [1.29, 1.82) is 0 Å². The molecule has 1 saturated heterocycles. The molecule has 26 heavy (non-hydrogen) atoms. The van der Waals surface area contributed by atoms with E-state index in [-0.39, 0.29) is 16.3 Å². The van der Waals surface area contributed by atoms with Crippen molar-refractivity contribution in [1.82, 2.24) is 10.3 Å². The summed E-state index contributed by atoms with van der Waals surface area (Å²) in [5.41, 5.74) is 3.64. The highest BCUT2D eigenvalue weighted by Crippen LogP contribution is 2.29. The van der Waals surface area contributed by atoms with Gasteiger partial charge < -0.3 is 9.84 Å². The van der Waals surface area contributed by atoms with E-state index >= 15 is 0 Å². The van der Waals surface area contributed by atoms with Gasteiger partial charge in [-0.15, -0.1) is 0 Å². The molecule has 3 rings (SSSR count). The van der Waals surface area contributed by atoms with Crippen LogP contribution in [0.5, 0.6) is 5.75 Å². The fraction of sp³-hybridized carbons (Fsp3) is 0.278. The van der Waals surface area contributed by atoms with Crippen molar-refractivity contribution in [2.75, 3.05) is 13.2 Å². The minimum atomic E-state index is -0.774. The number of phenolic OH excluding ortho intramolecular Hbond substituents is 1. The predicted molar refractivity (Wildman–Crippen MR) is 101 cm³/mol. The fourth-order valence-electron chi connectivity index (χ4n) is 2.60. The molecule has 0 bridgehead atoms. The Morgan fingerprint density at radius 3 is 2.58 bits per heavy atom. The number of phenols is 1. The zero-order valence-corrected chi connectivity index (χ0v) is 15.4. The zero-order chi connectivity index (χ0) is 18.5. The van der Waals surface area contributed by atoms with Crippen molar-refractivity contribution in [2.45, 2.75) is 18.1 Å². The van der Waals surface area contributed by atoms with Crippen molar-refractivity contribution in [2.24, 2.45) is 0 Å². The molecule has 1 amide bonds. The van der Waals surface area contributed by atoms with Crippen LogP contribution in [0.25, 0.3) is 11.1 Å². The SMILES string of the molecule is O=C(NNSC1CCOCC1)c1cc(-c2ccc(O)cc2)cc(Cl)c1F. The van der Waals surface area contributed by atoms with E-state index in [9.17, 15) is 14.3 Å². The van der Waals surface area contributed by atoms with Gasteiger partial charge in [-0.25, -0.2) is 4.39 Å². The van der Waals surface area contributed by atoms with E-state index in [1.54, 1.807) is 12.1 Å². The maximum Gasteiger partial charge on any atom is 0.269 e. The molecule has 0 aliphatic carbocycles. The van der Waals surface area contributed by atoms with Crippen molar-refractivity contribution >= 4 is 29.5 Å². The summed E-state index contributed by atoms with van der Waals surface area (Å²) in [6.45, 7) is 1.40. The number of aromatic hydroxyl groups is 1. The third kappa shape index (κ3) is 4.67. The summed E-state index contributed by atoms with van der Waals surface area (Å²) in [6, 6.07) is 9.24. The molecule has 0 atom stereocenters. The zero-order valence-electron chi connectivity index (χ0n) is 13.8. The quantitative estimate of drug-likeness (QED) is 0.528. The summed E-state index contributed by atoms with van der Waals surface area (Å²) in [6.07, 6.45) is 1.79. The molecule has 0 aromatic heterocycles. The Balaban J connectivity index is 1.71. The van der Waals surface area contributed by atoms with E-state index in [0.29, 0.717) is 29.6 Å². The second-order valence-electron chi connectivity index (χ2n) is 5.85. The van der Waals surface area contributed by atoms with Crippen molar-refractivity contribution in [3.05, 3.63) is 52.8 Å². The summed E-state index contributed by atoms with van der Waals surface area (Å²) in [5.74, 6) is -1.26. The van der Waals surface area contributed by atoms with Crippen LogP contribution in [0.15, 0.2) is 36.4 Å². The number of rotatable bonds is 5. The van der Waals surface area contributed by atoms with E-state index < -0.39 is 11.7 Å². The van der Waals surface area contributed by atoms with Crippen molar-refractivity contribution in [3.8, 4) is 16.9 Å². The van der Waals surface area contributed by atoms with Crippen LogP contribution in [0.2, 0.25) is 5.02 Å². The Labute approximate surface area is 160 Å². The monoisotopic (exact) mass is 396 g/mol. The summed E-state index contributed by atoms with van der Waals surface area (Å²) in [7, 11) is 0. The molecule has 0 spiro atoms. The first-order valence-electron chi connectivity index (χ1n) is 8.12. The molecule has 2 aromatic rings. The molecule has 2 aromatic carbocycles. The van der Waals surface area contributed by atoms with E-state index in [1.807, 2.05) is 0 Å². The largest absolute Gasteiger partial charge is 0.508 e. The lowest BCUT2D eigenvalue weighted by Crippen LogP contribution is -2.35. The molecular weight excluding hydrogens is 379 g/mol. The first kappa shape index (κ1) is 19.0. The standard InChI is InChI=1S/C18H18ClFN2O3S/c19-16-10-12(11-1-3-13(23)4-2-11)9-15(17(16)20)18(24)21-22-26-14-5-7-25-8-6-14/h1-4,9-10,14,22-23H,5-8H2,(H,21,24). The molecule has 0 saturated carbocycles. The Kier molecular flexibility index (Phi) is 6.37. The van der Waals surface area contributed by atoms with Gasteiger partial charge in [0.2, 0.25) is 0 Å².